The molecule has 1 N–H and O–H groups in total. The Morgan fingerprint density at radius 3 is 2.71 bits per heavy atom. The van der Waals surface area contributed by atoms with Gasteiger partial charge in [0.25, 0.3) is 5.91 Å². The highest BCUT2D eigenvalue weighted by molar-refractivity contribution is 8.01. The zero-order valence-electron chi connectivity index (χ0n) is 15.5. The monoisotopic (exact) mass is 421 g/mol. The smallest absolute Gasteiger partial charge is 0.289 e. The van der Waals surface area contributed by atoms with Crippen LogP contribution in [0.1, 0.15) is 36.2 Å². The average molecular weight is 422 g/mol. The Morgan fingerprint density at radius 1 is 1.21 bits per heavy atom. The molecule has 2 aromatic heterocycles. The van der Waals surface area contributed by atoms with Crippen molar-refractivity contribution in [3.05, 3.63) is 24.2 Å². The third-order valence-corrected chi connectivity index (χ3v) is 7.13. The lowest BCUT2D eigenvalue weighted by Crippen LogP contribution is -2.48. The SMILES string of the molecule is O=C(CSc1nnc(N2CCN(C(=O)c3ccco3)CC2)s1)NC1CCCC1. The lowest BCUT2D eigenvalue weighted by molar-refractivity contribution is -0.119. The summed E-state index contributed by atoms with van der Waals surface area (Å²) in [6.45, 7) is 2.64. The van der Waals surface area contributed by atoms with Gasteiger partial charge in [-0.15, -0.1) is 10.2 Å². The first kappa shape index (κ1) is 19.3. The van der Waals surface area contributed by atoms with Crippen LogP contribution in [0.2, 0.25) is 0 Å². The molecule has 2 amide bonds. The standard InChI is InChI=1S/C18H23N5O3S2/c24-15(19-13-4-1-2-5-13)12-27-18-21-20-17(28-18)23-9-7-22(8-10-23)16(25)14-6-3-11-26-14/h3,6,11,13H,1-2,4-5,7-10,12H2,(H,19,24). The van der Waals surface area contributed by atoms with E-state index in [1.165, 1.54) is 42.2 Å². The quantitative estimate of drug-likeness (QED) is 0.715. The zero-order chi connectivity index (χ0) is 19.3. The topological polar surface area (TPSA) is 91.6 Å². The van der Waals surface area contributed by atoms with Crippen LogP contribution in [0, 0.1) is 0 Å². The second-order valence-electron chi connectivity index (χ2n) is 6.94. The van der Waals surface area contributed by atoms with Crippen LogP contribution in [0.4, 0.5) is 5.13 Å². The van der Waals surface area contributed by atoms with E-state index in [1.54, 1.807) is 17.0 Å². The summed E-state index contributed by atoms with van der Waals surface area (Å²) in [5.41, 5.74) is 0. The van der Waals surface area contributed by atoms with Crippen molar-refractivity contribution in [2.24, 2.45) is 0 Å². The first-order valence-electron chi connectivity index (χ1n) is 9.52. The molecule has 10 heteroatoms. The summed E-state index contributed by atoms with van der Waals surface area (Å²) in [6, 6.07) is 3.75. The lowest BCUT2D eigenvalue weighted by atomic mass is 10.2. The van der Waals surface area contributed by atoms with Gasteiger partial charge in [-0.2, -0.15) is 0 Å². The number of nitrogens with one attached hydrogen (secondary N) is 1. The molecule has 0 spiro atoms. The molecule has 4 rings (SSSR count). The number of amides is 2. The maximum absolute atomic E-state index is 12.3. The van der Waals surface area contributed by atoms with E-state index in [9.17, 15) is 9.59 Å². The molecule has 0 aromatic carbocycles. The highest BCUT2D eigenvalue weighted by Crippen LogP contribution is 2.29. The molecule has 0 bridgehead atoms. The van der Waals surface area contributed by atoms with Gasteiger partial charge in [-0.1, -0.05) is 35.9 Å². The molecule has 2 aliphatic rings. The summed E-state index contributed by atoms with van der Waals surface area (Å²) in [6.07, 6.45) is 6.11. The molecule has 0 atom stereocenters. The second kappa shape index (κ2) is 8.95. The van der Waals surface area contributed by atoms with Crippen LogP contribution in [-0.2, 0) is 4.79 Å². The van der Waals surface area contributed by atoms with Crippen LogP contribution in [0.5, 0.6) is 0 Å². The molecular formula is C18H23N5O3S2. The summed E-state index contributed by atoms with van der Waals surface area (Å²) < 4.78 is 5.99. The van der Waals surface area contributed by atoms with Gasteiger partial charge in [0.2, 0.25) is 11.0 Å². The molecular weight excluding hydrogens is 398 g/mol. The third kappa shape index (κ3) is 4.67. The Kier molecular flexibility index (Phi) is 6.16. The molecule has 0 unspecified atom stereocenters. The minimum Gasteiger partial charge on any atom is -0.459 e. The summed E-state index contributed by atoms with van der Waals surface area (Å²) in [7, 11) is 0. The van der Waals surface area contributed by atoms with E-state index >= 15 is 0 Å². The van der Waals surface area contributed by atoms with Crippen molar-refractivity contribution in [1.29, 1.82) is 0 Å². The fraction of sp³-hybridized carbons (Fsp3) is 0.556. The first-order valence-corrected chi connectivity index (χ1v) is 11.3. The van der Waals surface area contributed by atoms with Gasteiger partial charge in [-0.25, -0.2) is 0 Å². The molecule has 150 valence electrons. The molecule has 2 aromatic rings. The molecule has 2 fully saturated rings. The van der Waals surface area contributed by atoms with Gasteiger partial charge in [0.15, 0.2) is 10.1 Å². The van der Waals surface area contributed by atoms with Crippen molar-refractivity contribution < 1.29 is 14.0 Å². The van der Waals surface area contributed by atoms with E-state index < -0.39 is 0 Å². The second-order valence-corrected chi connectivity index (χ2v) is 9.12. The van der Waals surface area contributed by atoms with E-state index in [0.717, 1.165) is 22.3 Å². The molecule has 28 heavy (non-hydrogen) atoms. The van der Waals surface area contributed by atoms with Gasteiger partial charge in [0, 0.05) is 32.2 Å². The van der Waals surface area contributed by atoms with Gasteiger partial charge in [-0.3, -0.25) is 9.59 Å². The van der Waals surface area contributed by atoms with E-state index in [0.29, 0.717) is 43.7 Å². The Bertz CT molecular complexity index is 796. The van der Waals surface area contributed by atoms with Gasteiger partial charge in [-0.05, 0) is 25.0 Å². The largest absolute Gasteiger partial charge is 0.459 e. The van der Waals surface area contributed by atoms with E-state index in [2.05, 4.69) is 20.4 Å². The predicted molar refractivity (Wildman–Crippen MR) is 108 cm³/mol. The van der Waals surface area contributed by atoms with Crippen LogP contribution in [0.3, 0.4) is 0 Å². The van der Waals surface area contributed by atoms with E-state index in [-0.39, 0.29) is 11.8 Å². The third-order valence-electron chi connectivity index (χ3n) is 5.01. The number of piperazine rings is 1. The number of carbonyl (C=O) groups is 2. The van der Waals surface area contributed by atoms with Crippen molar-refractivity contribution in [3.8, 4) is 0 Å². The van der Waals surface area contributed by atoms with Gasteiger partial charge < -0.3 is 19.5 Å². The van der Waals surface area contributed by atoms with Crippen LogP contribution in [-0.4, -0.2) is 64.9 Å². The summed E-state index contributed by atoms with van der Waals surface area (Å²) in [5, 5.41) is 12.4. The molecule has 1 aliphatic heterocycles. The maximum atomic E-state index is 12.3. The van der Waals surface area contributed by atoms with E-state index in [4.69, 9.17) is 4.42 Å². The molecule has 1 saturated carbocycles. The minimum absolute atomic E-state index is 0.0682. The minimum atomic E-state index is -0.0774. The molecule has 8 nitrogen and oxygen atoms in total. The van der Waals surface area contributed by atoms with Crippen molar-refractivity contribution in [1.82, 2.24) is 20.4 Å². The van der Waals surface area contributed by atoms with Gasteiger partial charge in [0.1, 0.15) is 0 Å². The number of hydrogen-bond acceptors (Lipinski definition) is 8. The Labute approximate surface area is 171 Å². The van der Waals surface area contributed by atoms with Gasteiger partial charge >= 0.3 is 0 Å². The maximum Gasteiger partial charge on any atom is 0.289 e. The van der Waals surface area contributed by atoms with Crippen molar-refractivity contribution in [3.63, 3.8) is 0 Å². The lowest BCUT2D eigenvalue weighted by Gasteiger charge is -2.33. The number of carbonyl (C=O) groups excluding carboxylic acids is 2. The highest BCUT2D eigenvalue weighted by Gasteiger charge is 2.25. The average Bonchev–Trinajstić information content (AvgIpc) is 3.48. The highest BCUT2D eigenvalue weighted by atomic mass is 32.2. The van der Waals surface area contributed by atoms with Crippen molar-refractivity contribution in [2.75, 3.05) is 36.8 Å². The molecule has 1 aliphatic carbocycles. The van der Waals surface area contributed by atoms with Crippen LogP contribution >= 0.6 is 23.1 Å². The summed E-state index contributed by atoms with van der Waals surface area (Å²) in [5.74, 6) is 0.736. The fourth-order valence-electron chi connectivity index (χ4n) is 3.51. The Hall–Kier alpha value is -2.07. The number of furan rings is 1. The predicted octanol–water partition coefficient (Wildman–Crippen LogP) is 2.24. The molecule has 0 radical (unpaired) electrons. The van der Waals surface area contributed by atoms with Crippen LogP contribution in [0.25, 0.3) is 0 Å². The van der Waals surface area contributed by atoms with Crippen LogP contribution < -0.4 is 10.2 Å². The summed E-state index contributed by atoms with van der Waals surface area (Å²) in [4.78, 5) is 28.3. The first-order chi connectivity index (χ1) is 13.7. The molecule has 1 saturated heterocycles. The van der Waals surface area contributed by atoms with Gasteiger partial charge in [0.05, 0.1) is 12.0 Å². The Morgan fingerprint density at radius 2 is 2.00 bits per heavy atom. The number of thioether (sulfide) groups is 1. The van der Waals surface area contributed by atoms with Crippen molar-refractivity contribution in [2.45, 2.75) is 36.1 Å². The number of hydrogen-bond donors (Lipinski definition) is 1. The normalized spacial score (nSPS) is 17.9. The fourth-order valence-corrected chi connectivity index (χ4v) is 5.22. The van der Waals surface area contributed by atoms with Crippen molar-refractivity contribution >= 4 is 40.0 Å². The van der Waals surface area contributed by atoms with E-state index in [1.807, 2.05) is 0 Å². The number of aromatic nitrogens is 2. The molecule has 3 heterocycles. The number of anilines is 1. The number of nitrogens with zero attached hydrogens (tertiary/aromatic N) is 4. The van der Waals surface area contributed by atoms with Crippen LogP contribution in [0.15, 0.2) is 27.2 Å². The Balaban J connectivity index is 1.23. The zero-order valence-corrected chi connectivity index (χ0v) is 17.1. The summed E-state index contributed by atoms with van der Waals surface area (Å²) >= 11 is 2.93. The number of rotatable bonds is 6.